The summed E-state index contributed by atoms with van der Waals surface area (Å²) in [7, 11) is 0. The van der Waals surface area contributed by atoms with Crippen molar-refractivity contribution in [2.45, 2.75) is 19.9 Å². The lowest BCUT2D eigenvalue weighted by molar-refractivity contribution is 0.0690. The first kappa shape index (κ1) is 11.6. The molecular weight excluding hydrogens is 240 g/mol. The third kappa shape index (κ3) is 2.44. The fourth-order valence-electron chi connectivity index (χ4n) is 1.42. The second-order valence-electron chi connectivity index (χ2n) is 3.63. The van der Waals surface area contributed by atoms with Gasteiger partial charge in [0.1, 0.15) is 0 Å². The molecule has 0 fully saturated rings. The van der Waals surface area contributed by atoms with Crippen LogP contribution in [0.1, 0.15) is 33.9 Å². The second kappa shape index (κ2) is 4.54. The molecule has 17 heavy (non-hydrogen) atoms. The Labute approximate surface area is 102 Å². The number of anilines is 1. The molecule has 3 N–H and O–H groups in total. The van der Waals surface area contributed by atoms with E-state index in [0.29, 0.717) is 10.0 Å². The van der Waals surface area contributed by atoms with Gasteiger partial charge in [-0.2, -0.15) is 5.10 Å². The Morgan fingerprint density at radius 1 is 1.65 bits per heavy atom. The lowest BCUT2D eigenvalue weighted by Gasteiger charge is -2.09. The molecule has 0 aliphatic rings. The van der Waals surface area contributed by atoms with Crippen molar-refractivity contribution in [3.8, 4) is 0 Å². The van der Waals surface area contributed by atoms with E-state index in [1.165, 1.54) is 11.3 Å². The van der Waals surface area contributed by atoms with Crippen LogP contribution in [0.3, 0.4) is 0 Å². The zero-order valence-corrected chi connectivity index (χ0v) is 10.2. The zero-order valence-electron chi connectivity index (χ0n) is 9.39. The van der Waals surface area contributed by atoms with Crippen LogP contribution in [0.5, 0.6) is 0 Å². The van der Waals surface area contributed by atoms with Gasteiger partial charge in [0.2, 0.25) is 0 Å². The number of nitrogens with one attached hydrogen (secondary N) is 2. The molecule has 2 rings (SSSR count). The van der Waals surface area contributed by atoms with Gasteiger partial charge in [0.05, 0.1) is 12.2 Å². The quantitative estimate of drug-likeness (QED) is 0.774. The Bertz CT molecular complexity index is 520. The minimum Gasteiger partial charge on any atom is -0.476 e. The SMILES string of the molecule is Cc1sc(NC(C)c2cn[nH]c2)nc1C(=O)O. The molecule has 1 atom stereocenters. The van der Waals surface area contributed by atoms with Crippen molar-refractivity contribution in [1.82, 2.24) is 15.2 Å². The summed E-state index contributed by atoms with van der Waals surface area (Å²) in [6, 6.07) is 0.0287. The molecule has 7 heteroatoms. The van der Waals surface area contributed by atoms with E-state index in [-0.39, 0.29) is 11.7 Å². The minimum absolute atomic E-state index is 0.0287. The topological polar surface area (TPSA) is 90.9 Å². The van der Waals surface area contributed by atoms with E-state index >= 15 is 0 Å². The molecule has 0 saturated heterocycles. The van der Waals surface area contributed by atoms with Crippen molar-refractivity contribution in [1.29, 1.82) is 0 Å². The summed E-state index contributed by atoms with van der Waals surface area (Å²) in [6.07, 6.45) is 3.51. The summed E-state index contributed by atoms with van der Waals surface area (Å²) in [5.74, 6) is -0.997. The highest BCUT2D eigenvalue weighted by Crippen LogP contribution is 2.25. The molecule has 0 aliphatic carbocycles. The first-order chi connectivity index (χ1) is 8.08. The number of carboxylic acids is 1. The van der Waals surface area contributed by atoms with Crippen LogP contribution in [0.15, 0.2) is 12.4 Å². The fraction of sp³-hybridized carbons (Fsp3) is 0.300. The Balaban J connectivity index is 2.14. The first-order valence-corrected chi connectivity index (χ1v) is 5.85. The number of H-pyrrole nitrogens is 1. The van der Waals surface area contributed by atoms with Crippen molar-refractivity contribution in [3.63, 3.8) is 0 Å². The number of nitrogens with zero attached hydrogens (tertiary/aromatic N) is 2. The average molecular weight is 252 g/mol. The monoisotopic (exact) mass is 252 g/mol. The van der Waals surface area contributed by atoms with Crippen molar-refractivity contribution in [2.24, 2.45) is 0 Å². The molecule has 1 unspecified atom stereocenters. The summed E-state index contributed by atoms with van der Waals surface area (Å²) in [4.78, 5) is 15.6. The third-order valence-electron chi connectivity index (χ3n) is 2.36. The largest absolute Gasteiger partial charge is 0.476 e. The van der Waals surface area contributed by atoms with Crippen LogP contribution >= 0.6 is 11.3 Å². The maximum atomic E-state index is 10.9. The first-order valence-electron chi connectivity index (χ1n) is 5.04. The second-order valence-corrected chi connectivity index (χ2v) is 4.83. The van der Waals surface area contributed by atoms with E-state index in [1.54, 1.807) is 19.3 Å². The number of carboxylic acid groups (broad SMARTS) is 1. The molecule has 0 spiro atoms. The fourth-order valence-corrected chi connectivity index (χ4v) is 2.32. The van der Waals surface area contributed by atoms with Crippen molar-refractivity contribution >= 4 is 22.4 Å². The molecule has 2 heterocycles. The Hall–Kier alpha value is -1.89. The maximum Gasteiger partial charge on any atom is 0.355 e. The molecule has 90 valence electrons. The smallest absolute Gasteiger partial charge is 0.355 e. The summed E-state index contributed by atoms with van der Waals surface area (Å²) >= 11 is 1.33. The standard InChI is InChI=1S/C10H12N4O2S/c1-5(7-3-11-12-4-7)13-10-14-8(9(15)16)6(2)17-10/h3-5H,1-2H3,(H,11,12)(H,13,14)(H,15,16). The van der Waals surface area contributed by atoms with Gasteiger partial charge in [-0.1, -0.05) is 0 Å². The predicted octanol–water partition coefficient (Wildman–Crippen LogP) is 2.05. The van der Waals surface area contributed by atoms with E-state index in [2.05, 4.69) is 20.5 Å². The van der Waals surface area contributed by atoms with Gasteiger partial charge in [0.25, 0.3) is 0 Å². The van der Waals surface area contributed by atoms with Crippen molar-refractivity contribution < 1.29 is 9.90 Å². The zero-order chi connectivity index (χ0) is 12.4. The van der Waals surface area contributed by atoms with Crippen LogP contribution in [-0.2, 0) is 0 Å². The van der Waals surface area contributed by atoms with Gasteiger partial charge in [0.15, 0.2) is 10.8 Å². The van der Waals surface area contributed by atoms with Crippen molar-refractivity contribution in [3.05, 3.63) is 28.5 Å². The van der Waals surface area contributed by atoms with Crippen LogP contribution in [0.25, 0.3) is 0 Å². The van der Waals surface area contributed by atoms with Crippen LogP contribution < -0.4 is 5.32 Å². The van der Waals surface area contributed by atoms with E-state index in [0.717, 1.165) is 5.56 Å². The highest BCUT2D eigenvalue weighted by molar-refractivity contribution is 7.15. The summed E-state index contributed by atoms with van der Waals surface area (Å²) in [5.41, 5.74) is 1.10. The molecule has 6 nitrogen and oxygen atoms in total. The highest BCUT2D eigenvalue weighted by atomic mass is 32.1. The lowest BCUT2D eigenvalue weighted by atomic mass is 10.2. The van der Waals surface area contributed by atoms with E-state index < -0.39 is 5.97 Å². The Kier molecular flexibility index (Phi) is 3.10. The number of aryl methyl sites for hydroxylation is 1. The molecule has 0 bridgehead atoms. The van der Waals surface area contributed by atoms with Crippen LogP contribution in [0.4, 0.5) is 5.13 Å². The average Bonchev–Trinajstić information content (AvgIpc) is 2.86. The van der Waals surface area contributed by atoms with E-state index in [1.807, 2.05) is 6.92 Å². The van der Waals surface area contributed by atoms with Gasteiger partial charge >= 0.3 is 5.97 Å². The van der Waals surface area contributed by atoms with Gasteiger partial charge in [-0.15, -0.1) is 11.3 Å². The van der Waals surface area contributed by atoms with Gasteiger partial charge in [-0.05, 0) is 13.8 Å². The van der Waals surface area contributed by atoms with Crippen LogP contribution in [0, 0.1) is 6.92 Å². The maximum absolute atomic E-state index is 10.9. The summed E-state index contributed by atoms with van der Waals surface area (Å²) in [5, 5.41) is 19.2. The van der Waals surface area contributed by atoms with Gasteiger partial charge < -0.3 is 10.4 Å². The van der Waals surface area contributed by atoms with E-state index in [4.69, 9.17) is 5.11 Å². The van der Waals surface area contributed by atoms with Crippen molar-refractivity contribution in [2.75, 3.05) is 5.32 Å². The van der Waals surface area contributed by atoms with Gasteiger partial charge in [-0.25, -0.2) is 9.78 Å². The number of aromatic nitrogens is 3. The molecular formula is C10H12N4O2S. The number of hydrogen-bond donors (Lipinski definition) is 3. The number of aromatic carboxylic acids is 1. The van der Waals surface area contributed by atoms with Crippen LogP contribution in [-0.4, -0.2) is 26.3 Å². The Morgan fingerprint density at radius 3 is 2.94 bits per heavy atom. The molecule has 0 saturated carbocycles. The van der Waals surface area contributed by atoms with E-state index in [9.17, 15) is 4.79 Å². The number of thiazole rings is 1. The molecule has 0 amide bonds. The normalized spacial score (nSPS) is 12.4. The third-order valence-corrected chi connectivity index (χ3v) is 3.26. The van der Waals surface area contributed by atoms with Gasteiger partial charge in [-0.3, -0.25) is 5.10 Å². The molecule has 0 aliphatic heterocycles. The highest BCUT2D eigenvalue weighted by Gasteiger charge is 2.15. The lowest BCUT2D eigenvalue weighted by Crippen LogP contribution is -2.06. The molecule has 2 aromatic rings. The predicted molar refractivity (Wildman–Crippen MR) is 64.4 cm³/mol. The summed E-state index contributed by atoms with van der Waals surface area (Å²) in [6.45, 7) is 3.71. The number of rotatable bonds is 4. The molecule has 0 aromatic carbocycles. The summed E-state index contributed by atoms with van der Waals surface area (Å²) < 4.78 is 0. The van der Waals surface area contributed by atoms with Crippen LogP contribution in [0.2, 0.25) is 0 Å². The molecule has 0 radical (unpaired) electrons. The minimum atomic E-state index is -0.997. The van der Waals surface area contributed by atoms with Gasteiger partial charge in [0, 0.05) is 16.6 Å². The number of aromatic amines is 1. The number of hydrogen-bond acceptors (Lipinski definition) is 5. The Morgan fingerprint density at radius 2 is 2.41 bits per heavy atom. The molecule has 2 aromatic heterocycles. The number of carbonyl (C=O) groups is 1.